The van der Waals surface area contributed by atoms with E-state index in [0.717, 1.165) is 17.5 Å². The molecule has 1 heterocycles. The van der Waals surface area contributed by atoms with Gasteiger partial charge in [-0.05, 0) is 55.7 Å². The number of phenolic OH excluding ortho intramolecular Hbond substituents is 1. The number of aliphatic hydroxyl groups excluding tert-OH is 1. The molecule has 0 saturated carbocycles. The van der Waals surface area contributed by atoms with E-state index in [9.17, 15) is 19.8 Å². The maximum absolute atomic E-state index is 13.3. The Labute approximate surface area is 198 Å². The highest BCUT2D eigenvalue weighted by atomic mass is 16.5. The smallest absolute Gasteiger partial charge is 0.300 e. The Morgan fingerprint density at radius 2 is 1.71 bits per heavy atom. The second-order valence-electron chi connectivity index (χ2n) is 8.45. The van der Waals surface area contributed by atoms with Gasteiger partial charge in [-0.15, -0.1) is 0 Å². The van der Waals surface area contributed by atoms with Crippen molar-refractivity contribution < 1.29 is 24.5 Å². The van der Waals surface area contributed by atoms with E-state index in [1.165, 1.54) is 11.0 Å². The number of aliphatic hydroxyl groups is 1. The van der Waals surface area contributed by atoms with Crippen LogP contribution in [-0.2, 0) is 9.59 Å². The number of Topliss-reactive ketones (excluding diaryl/α,β-unsaturated/α-hetero) is 1. The first kappa shape index (κ1) is 23.1. The Morgan fingerprint density at radius 1 is 0.971 bits per heavy atom. The van der Waals surface area contributed by atoms with Gasteiger partial charge in [-0.2, -0.15) is 0 Å². The second kappa shape index (κ2) is 9.43. The Balaban J connectivity index is 1.93. The van der Waals surface area contributed by atoms with Crippen LogP contribution < -0.4 is 9.64 Å². The van der Waals surface area contributed by atoms with Gasteiger partial charge in [0, 0.05) is 5.56 Å². The topological polar surface area (TPSA) is 87.1 Å². The number of phenols is 1. The number of anilines is 1. The number of aromatic hydroxyl groups is 1. The normalized spacial score (nSPS) is 17.3. The molecule has 0 aliphatic carbocycles. The number of ketones is 1. The van der Waals surface area contributed by atoms with Gasteiger partial charge in [0.2, 0.25) is 0 Å². The largest absolute Gasteiger partial charge is 0.507 e. The van der Waals surface area contributed by atoms with Crippen LogP contribution in [0.15, 0.2) is 72.3 Å². The van der Waals surface area contributed by atoms with Gasteiger partial charge in [-0.3, -0.25) is 14.5 Å². The summed E-state index contributed by atoms with van der Waals surface area (Å²) in [6, 6.07) is 18.2. The van der Waals surface area contributed by atoms with Crippen LogP contribution in [-0.4, -0.2) is 28.5 Å². The Hall–Kier alpha value is -4.06. The van der Waals surface area contributed by atoms with Crippen molar-refractivity contribution in [1.29, 1.82) is 0 Å². The molecular formula is C28H27NO5. The van der Waals surface area contributed by atoms with Crippen molar-refractivity contribution in [2.45, 2.75) is 33.2 Å². The zero-order valence-corrected chi connectivity index (χ0v) is 19.4. The Kier molecular flexibility index (Phi) is 6.41. The highest BCUT2D eigenvalue weighted by Crippen LogP contribution is 2.45. The summed E-state index contributed by atoms with van der Waals surface area (Å²) in [6.07, 6.45) is 0.828. The predicted octanol–water partition coefficient (Wildman–Crippen LogP) is 5.42. The van der Waals surface area contributed by atoms with E-state index >= 15 is 0 Å². The van der Waals surface area contributed by atoms with Gasteiger partial charge in [0.25, 0.3) is 11.7 Å². The quantitative estimate of drug-likeness (QED) is 0.293. The van der Waals surface area contributed by atoms with E-state index in [-0.39, 0.29) is 22.8 Å². The van der Waals surface area contributed by atoms with Gasteiger partial charge in [0.05, 0.1) is 23.9 Å². The lowest BCUT2D eigenvalue weighted by Gasteiger charge is -2.26. The van der Waals surface area contributed by atoms with Crippen LogP contribution in [0.25, 0.3) is 5.76 Å². The lowest BCUT2D eigenvalue weighted by molar-refractivity contribution is -0.132. The number of benzene rings is 3. The lowest BCUT2D eigenvalue weighted by Crippen LogP contribution is -2.29. The van der Waals surface area contributed by atoms with E-state index in [0.29, 0.717) is 23.5 Å². The number of amides is 1. The molecule has 1 atom stereocenters. The standard InChI is InChI=1S/C28H27NO5/c1-4-13-34-21-10-6-9-20(16-21)26(31)24-25(19-8-5-7-17(2)14-19)29(28(33)27(24)32)22-15-18(3)11-12-23(22)30/h5-12,14-16,25,30-31H,4,13H2,1-3H3/b26-24+. The lowest BCUT2D eigenvalue weighted by atomic mass is 9.94. The SMILES string of the molecule is CCCOc1cccc(/C(O)=C2\C(=O)C(=O)N(c3cc(C)ccc3O)C2c2cccc(C)c2)c1. The predicted molar refractivity (Wildman–Crippen MR) is 131 cm³/mol. The van der Waals surface area contributed by atoms with Crippen molar-refractivity contribution in [1.82, 2.24) is 0 Å². The fourth-order valence-electron chi connectivity index (χ4n) is 4.17. The number of ether oxygens (including phenoxy) is 1. The summed E-state index contributed by atoms with van der Waals surface area (Å²) in [4.78, 5) is 27.9. The third kappa shape index (κ3) is 4.27. The van der Waals surface area contributed by atoms with Crippen LogP contribution in [0.5, 0.6) is 11.5 Å². The molecule has 0 aromatic heterocycles. The molecule has 1 aliphatic rings. The van der Waals surface area contributed by atoms with E-state index < -0.39 is 17.7 Å². The fraction of sp³-hybridized carbons (Fsp3) is 0.214. The van der Waals surface area contributed by atoms with Crippen LogP contribution in [0, 0.1) is 13.8 Å². The Bertz CT molecular complexity index is 1290. The summed E-state index contributed by atoms with van der Waals surface area (Å²) in [7, 11) is 0. The molecule has 3 aromatic carbocycles. The zero-order valence-electron chi connectivity index (χ0n) is 19.4. The molecule has 1 unspecified atom stereocenters. The molecule has 4 rings (SSSR count). The van der Waals surface area contributed by atoms with Crippen molar-refractivity contribution in [2.75, 3.05) is 11.5 Å². The molecule has 1 fully saturated rings. The average Bonchev–Trinajstić information content (AvgIpc) is 3.09. The maximum atomic E-state index is 13.3. The minimum atomic E-state index is -0.909. The molecule has 0 radical (unpaired) electrons. The van der Waals surface area contributed by atoms with Crippen LogP contribution >= 0.6 is 0 Å². The summed E-state index contributed by atoms with van der Waals surface area (Å²) < 4.78 is 5.67. The molecule has 1 saturated heterocycles. The fourth-order valence-corrected chi connectivity index (χ4v) is 4.17. The molecule has 34 heavy (non-hydrogen) atoms. The van der Waals surface area contributed by atoms with Crippen LogP contribution in [0.4, 0.5) is 5.69 Å². The monoisotopic (exact) mass is 457 g/mol. The Morgan fingerprint density at radius 3 is 2.44 bits per heavy atom. The van der Waals surface area contributed by atoms with Crippen LogP contribution in [0.1, 0.15) is 41.6 Å². The average molecular weight is 458 g/mol. The first-order valence-electron chi connectivity index (χ1n) is 11.2. The first-order chi connectivity index (χ1) is 16.3. The number of hydrogen-bond donors (Lipinski definition) is 2. The first-order valence-corrected chi connectivity index (χ1v) is 11.2. The minimum absolute atomic E-state index is 0.0378. The van der Waals surface area contributed by atoms with E-state index in [2.05, 4.69) is 0 Å². The molecule has 1 aliphatic heterocycles. The number of aryl methyl sites for hydroxylation is 2. The summed E-state index contributed by atoms with van der Waals surface area (Å²) in [5.41, 5.74) is 2.96. The van der Waals surface area contributed by atoms with Crippen molar-refractivity contribution in [3.63, 3.8) is 0 Å². The minimum Gasteiger partial charge on any atom is -0.507 e. The molecule has 0 spiro atoms. The van der Waals surface area contributed by atoms with Crippen LogP contribution in [0.3, 0.4) is 0 Å². The van der Waals surface area contributed by atoms with Crippen molar-refractivity contribution in [2.24, 2.45) is 0 Å². The van der Waals surface area contributed by atoms with Gasteiger partial charge in [-0.1, -0.05) is 55.0 Å². The molecule has 1 amide bonds. The molecule has 174 valence electrons. The third-order valence-electron chi connectivity index (χ3n) is 5.77. The molecule has 2 N–H and O–H groups in total. The molecule has 0 bridgehead atoms. The van der Waals surface area contributed by atoms with E-state index in [1.807, 2.05) is 39.0 Å². The third-order valence-corrected chi connectivity index (χ3v) is 5.77. The molecular weight excluding hydrogens is 430 g/mol. The van der Waals surface area contributed by atoms with Gasteiger partial charge in [0.15, 0.2) is 0 Å². The second-order valence-corrected chi connectivity index (χ2v) is 8.45. The van der Waals surface area contributed by atoms with Crippen molar-refractivity contribution >= 4 is 23.1 Å². The van der Waals surface area contributed by atoms with Gasteiger partial charge >= 0.3 is 0 Å². The zero-order chi connectivity index (χ0) is 24.4. The summed E-state index contributed by atoms with van der Waals surface area (Å²) in [6.45, 7) is 6.26. The summed E-state index contributed by atoms with van der Waals surface area (Å²) in [5, 5.41) is 21.9. The van der Waals surface area contributed by atoms with Crippen molar-refractivity contribution in [3.05, 3.63) is 94.6 Å². The van der Waals surface area contributed by atoms with Gasteiger partial charge in [0.1, 0.15) is 17.3 Å². The highest BCUT2D eigenvalue weighted by Gasteiger charge is 2.47. The van der Waals surface area contributed by atoms with Gasteiger partial charge < -0.3 is 14.9 Å². The number of carbonyl (C=O) groups excluding carboxylic acids is 2. The number of carbonyl (C=O) groups is 2. The van der Waals surface area contributed by atoms with Crippen LogP contribution in [0.2, 0.25) is 0 Å². The summed E-state index contributed by atoms with van der Waals surface area (Å²) in [5.74, 6) is -1.48. The van der Waals surface area contributed by atoms with E-state index in [4.69, 9.17) is 4.74 Å². The number of hydrogen-bond acceptors (Lipinski definition) is 5. The maximum Gasteiger partial charge on any atom is 0.300 e. The van der Waals surface area contributed by atoms with Gasteiger partial charge in [-0.25, -0.2) is 0 Å². The number of rotatable bonds is 6. The molecule has 3 aromatic rings. The molecule has 6 heteroatoms. The molecule has 6 nitrogen and oxygen atoms in total. The number of nitrogens with zero attached hydrogens (tertiary/aromatic N) is 1. The summed E-state index contributed by atoms with van der Waals surface area (Å²) >= 11 is 0. The highest BCUT2D eigenvalue weighted by molar-refractivity contribution is 6.52. The van der Waals surface area contributed by atoms with Crippen molar-refractivity contribution in [3.8, 4) is 11.5 Å². The van der Waals surface area contributed by atoms with E-state index in [1.54, 1.807) is 42.5 Å².